The summed E-state index contributed by atoms with van der Waals surface area (Å²) in [5, 5.41) is 0. The summed E-state index contributed by atoms with van der Waals surface area (Å²) in [4.78, 5) is 12.8. The molecule has 1 aliphatic carbocycles. The molecule has 0 N–H and O–H groups in total. The van der Waals surface area contributed by atoms with Gasteiger partial charge in [-0.1, -0.05) is 24.3 Å². The van der Waals surface area contributed by atoms with Crippen LogP contribution in [-0.4, -0.2) is 20.0 Å². The number of benzene rings is 2. The SMILES string of the molecule is COc1cc(C)c(C(=O)C2Cc3ccccc32)cc1OC. The molecule has 3 rings (SSSR count). The smallest absolute Gasteiger partial charge is 0.171 e. The van der Waals surface area contributed by atoms with Gasteiger partial charge < -0.3 is 9.47 Å². The standard InChI is InChI=1S/C18H18O3/c1-11-8-16(20-2)17(21-3)10-14(11)18(19)15-9-12-6-4-5-7-13(12)15/h4-8,10,15H,9H2,1-3H3. The van der Waals surface area contributed by atoms with Crippen LogP contribution in [-0.2, 0) is 6.42 Å². The summed E-state index contributed by atoms with van der Waals surface area (Å²) >= 11 is 0. The first kappa shape index (κ1) is 13.7. The van der Waals surface area contributed by atoms with Gasteiger partial charge >= 0.3 is 0 Å². The van der Waals surface area contributed by atoms with Crippen LogP contribution in [0.3, 0.4) is 0 Å². The van der Waals surface area contributed by atoms with E-state index in [4.69, 9.17) is 9.47 Å². The van der Waals surface area contributed by atoms with Crippen LogP contribution >= 0.6 is 0 Å². The summed E-state index contributed by atoms with van der Waals surface area (Å²) in [6, 6.07) is 11.8. The van der Waals surface area contributed by atoms with Crippen LogP contribution in [0.15, 0.2) is 36.4 Å². The first-order valence-electron chi connectivity index (χ1n) is 7.00. The van der Waals surface area contributed by atoms with E-state index in [1.807, 2.05) is 31.2 Å². The molecule has 0 amide bonds. The number of carbonyl (C=O) groups excluding carboxylic acids is 1. The Morgan fingerprint density at radius 3 is 2.43 bits per heavy atom. The van der Waals surface area contributed by atoms with Gasteiger partial charge in [-0.3, -0.25) is 4.79 Å². The van der Waals surface area contributed by atoms with Gasteiger partial charge in [-0.15, -0.1) is 0 Å². The highest BCUT2D eigenvalue weighted by Crippen LogP contribution is 2.39. The zero-order valence-electron chi connectivity index (χ0n) is 12.5. The number of aryl methyl sites for hydroxylation is 1. The second-order valence-electron chi connectivity index (χ2n) is 5.34. The number of fused-ring (bicyclic) bond motifs is 1. The Kier molecular flexibility index (Phi) is 3.42. The summed E-state index contributed by atoms with van der Waals surface area (Å²) in [5.74, 6) is 1.38. The Labute approximate surface area is 124 Å². The van der Waals surface area contributed by atoms with Crippen molar-refractivity contribution >= 4 is 5.78 Å². The van der Waals surface area contributed by atoms with Gasteiger partial charge in [0.25, 0.3) is 0 Å². The van der Waals surface area contributed by atoms with Crippen LogP contribution in [0.4, 0.5) is 0 Å². The topological polar surface area (TPSA) is 35.5 Å². The number of hydrogen-bond donors (Lipinski definition) is 0. The van der Waals surface area contributed by atoms with Crippen LogP contribution in [0.5, 0.6) is 11.5 Å². The predicted octanol–water partition coefficient (Wildman–Crippen LogP) is 3.53. The van der Waals surface area contributed by atoms with Crippen molar-refractivity contribution < 1.29 is 14.3 Å². The lowest BCUT2D eigenvalue weighted by atomic mass is 9.73. The van der Waals surface area contributed by atoms with Crippen LogP contribution in [0.25, 0.3) is 0 Å². The molecule has 3 nitrogen and oxygen atoms in total. The van der Waals surface area contributed by atoms with E-state index in [0.29, 0.717) is 17.1 Å². The lowest BCUT2D eigenvalue weighted by molar-refractivity contribution is 0.0948. The minimum Gasteiger partial charge on any atom is -0.493 e. The first-order chi connectivity index (χ1) is 10.2. The van der Waals surface area contributed by atoms with E-state index in [2.05, 4.69) is 6.07 Å². The second-order valence-corrected chi connectivity index (χ2v) is 5.34. The number of carbonyl (C=O) groups is 1. The van der Waals surface area contributed by atoms with Crippen LogP contribution in [0.2, 0.25) is 0 Å². The number of Topliss-reactive ketones (excluding diaryl/α,β-unsaturated/α-hetero) is 1. The van der Waals surface area contributed by atoms with E-state index < -0.39 is 0 Å². The van der Waals surface area contributed by atoms with E-state index in [1.54, 1.807) is 20.3 Å². The average molecular weight is 282 g/mol. The van der Waals surface area contributed by atoms with Crippen molar-refractivity contribution in [2.75, 3.05) is 14.2 Å². The number of hydrogen-bond acceptors (Lipinski definition) is 3. The molecule has 0 fully saturated rings. The Morgan fingerprint density at radius 2 is 1.76 bits per heavy atom. The van der Waals surface area contributed by atoms with E-state index in [-0.39, 0.29) is 11.7 Å². The van der Waals surface area contributed by atoms with Crippen molar-refractivity contribution in [3.8, 4) is 11.5 Å². The van der Waals surface area contributed by atoms with Crippen LogP contribution in [0.1, 0.15) is 33.0 Å². The Bertz CT molecular complexity index is 704. The maximum atomic E-state index is 12.8. The third-order valence-electron chi connectivity index (χ3n) is 4.17. The molecule has 0 radical (unpaired) electrons. The fraction of sp³-hybridized carbons (Fsp3) is 0.278. The molecular weight excluding hydrogens is 264 g/mol. The molecule has 0 bridgehead atoms. The molecule has 1 atom stereocenters. The highest BCUT2D eigenvalue weighted by Gasteiger charge is 2.33. The van der Waals surface area contributed by atoms with Gasteiger partial charge in [-0.05, 0) is 42.2 Å². The highest BCUT2D eigenvalue weighted by atomic mass is 16.5. The summed E-state index contributed by atoms with van der Waals surface area (Å²) in [7, 11) is 3.18. The summed E-state index contributed by atoms with van der Waals surface area (Å²) in [5.41, 5.74) is 4.06. The molecule has 0 aliphatic heterocycles. The molecule has 1 unspecified atom stereocenters. The molecule has 3 heteroatoms. The average Bonchev–Trinajstić information content (AvgIpc) is 2.48. The quantitative estimate of drug-likeness (QED) is 0.805. The summed E-state index contributed by atoms with van der Waals surface area (Å²) < 4.78 is 10.6. The lowest BCUT2D eigenvalue weighted by Crippen LogP contribution is -2.25. The Balaban J connectivity index is 1.96. The van der Waals surface area contributed by atoms with E-state index in [0.717, 1.165) is 17.5 Å². The molecule has 1 aliphatic rings. The van der Waals surface area contributed by atoms with Crippen molar-refractivity contribution in [2.45, 2.75) is 19.3 Å². The molecule has 21 heavy (non-hydrogen) atoms. The zero-order chi connectivity index (χ0) is 15.0. The molecular formula is C18H18O3. The Hall–Kier alpha value is -2.29. The van der Waals surface area contributed by atoms with Gasteiger partial charge in [0.2, 0.25) is 0 Å². The molecule has 0 spiro atoms. The summed E-state index contributed by atoms with van der Waals surface area (Å²) in [6.45, 7) is 1.93. The molecule has 2 aromatic rings. The van der Waals surface area contributed by atoms with Gasteiger partial charge in [-0.25, -0.2) is 0 Å². The van der Waals surface area contributed by atoms with Crippen molar-refractivity contribution in [2.24, 2.45) is 0 Å². The first-order valence-corrected chi connectivity index (χ1v) is 7.00. The van der Waals surface area contributed by atoms with Gasteiger partial charge in [0.05, 0.1) is 20.1 Å². The van der Waals surface area contributed by atoms with Crippen LogP contribution < -0.4 is 9.47 Å². The van der Waals surface area contributed by atoms with Gasteiger partial charge in [0.1, 0.15) is 0 Å². The van der Waals surface area contributed by atoms with Crippen molar-refractivity contribution in [3.63, 3.8) is 0 Å². The molecule has 0 saturated heterocycles. The third-order valence-corrected chi connectivity index (χ3v) is 4.17. The van der Waals surface area contributed by atoms with Crippen molar-refractivity contribution in [3.05, 3.63) is 58.7 Å². The highest BCUT2D eigenvalue weighted by molar-refractivity contribution is 6.04. The Morgan fingerprint density at radius 1 is 1.10 bits per heavy atom. The van der Waals surface area contributed by atoms with E-state index in [9.17, 15) is 4.79 Å². The lowest BCUT2D eigenvalue weighted by Gasteiger charge is -2.29. The molecule has 0 saturated carbocycles. The normalized spacial score (nSPS) is 15.9. The maximum Gasteiger partial charge on any atom is 0.171 e. The minimum atomic E-state index is -0.0296. The third kappa shape index (κ3) is 2.19. The largest absolute Gasteiger partial charge is 0.493 e. The molecule has 0 heterocycles. The molecule has 0 aromatic heterocycles. The van der Waals surface area contributed by atoms with Crippen molar-refractivity contribution in [1.82, 2.24) is 0 Å². The second kappa shape index (κ2) is 5.24. The fourth-order valence-corrected chi connectivity index (χ4v) is 2.93. The predicted molar refractivity (Wildman–Crippen MR) is 81.5 cm³/mol. The van der Waals surface area contributed by atoms with Crippen molar-refractivity contribution in [1.29, 1.82) is 0 Å². The minimum absolute atomic E-state index is 0.0296. The fourth-order valence-electron chi connectivity index (χ4n) is 2.93. The number of methoxy groups -OCH3 is 2. The molecule has 108 valence electrons. The summed E-state index contributed by atoms with van der Waals surface area (Å²) in [6.07, 6.45) is 0.822. The van der Waals surface area contributed by atoms with Gasteiger partial charge in [-0.2, -0.15) is 0 Å². The van der Waals surface area contributed by atoms with Gasteiger partial charge in [0, 0.05) is 5.56 Å². The van der Waals surface area contributed by atoms with Crippen LogP contribution in [0, 0.1) is 6.92 Å². The van der Waals surface area contributed by atoms with E-state index >= 15 is 0 Å². The van der Waals surface area contributed by atoms with Gasteiger partial charge in [0.15, 0.2) is 17.3 Å². The molecule has 2 aromatic carbocycles. The van der Waals surface area contributed by atoms with E-state index in [1.165, 1.54) is 5.56 Å². The monoisotopic (exact) mass is 282 g/mol. The number of ketones is 1. The number of rotatable bonds is 4. The number of ether oxygens (including phenoxy) is 2. The zero-order valence-corrected chi connectivity index (χ0v) is 12.5. The maximum absolute atomic E-state index is 12.8.